The summed E-state index contributed by atoms with van der Waals surface area (Å²) < 4.78 is 30.4. The molecule has 0 unspecified atom stereocenters. The highest BCUT2D eigenvalue weighted by Gasteiger charge is 2.29. The minimum Gasteiger partial charge on any atom is -0.452 e. The number of ether oxygens (including phenoxy) is 1. The number of methoxy groups -OCH3 is 1. The summed E-state index contributed by atoms with van der Waals surface area (Å²) in [7, 11) is -2.84. The van der Waals surface area contributed by atoms with Crippen LogP contribution in [0.3, 0.4) is 0 Å². The molecule has 1 rings (SSSR count). The van der Waals surface area contributed by atoms with Crippen LogP contribution in [0.4, 0.5) is 4.79 Å². The predicted molar refractivity (Wildman–Crippen MR) is 86.5 cm³/mol. The molecule has 7 heteroatoms. The molecule has 0 N–H and O–H groups in total. The lowest BCUT2D eigenvalue weighted by atomic mass is 10.2. The smallest absolute Gasteiger partial charge is 0.423 e. The predicted octanol–water partition coefficient (Wildman–Crippen LogP) is 2.68. The van der Waals surface area contributed by atoms with Gasteiger partial charge in [0.25, 0.3) is 10.0 Å². The Bertz CT molecular complexity index is 650. The third-order valence-electron chi connectivity index (χ3n) is 3.12. The Kier molecular flexibility index (Phi) is 7.47. The number of hydrogen-bond donors (Lipinski definition) is 0. The molecule has 0 saturated heterocycles. The van der Waals surface area contributed by atoms with E-state index in [1.54, 1.807) is 24.3 Å². The van der Waals surface area contributed by atoms with E-state index in [1.165, 1.54) is 12.1 Å². The van der Waals surface area contributed by atoms with Crippen molar-refractivity contribution in [3.63, 3.8) is 0 Å². The lowest BCUT2D eigenvalue weighted by Gasteiger charge is -2.19. The van der Waals surface area contributed by atoms with Crippen LogP contribution >= 0.6 is 0 Å². The van der Waals surface area contributed by atoms with Crippen molar-refractivity contribution in [3.05, 3.63) is 42.0 Å². The number of carbonyl (C=O) groups is 2. The van der Waals surface area contributed by atoms with Gasteiger partial charge in [0.1, 0.15) is 6.29 Å². The van der Waals surface area contributed by atoms with Crippen LogP contribution < -0.4 is 0 Å². The van der Waals surface area contributed by atoms with E-state index in [2.05, 4.69) is 4.74 Å². The standard InChI is InChI=1S/C16H21NO5S/c1-14-8-10-15(11-9-14)23(20,21)17(16(19)22-2)12-6-4-3-5-7-13-18/h4,6,8-11,13H,3,5,7,12H2,1-2H3/b6-4+. The van der Waals surface area contributed by atoms with Crippen LogP contribution in [-0.4, -0.2) is 38.8 Å². The molecular formula is C16H21NO5S. The van der Waals surface area contributed by atoms with E-state index in [4.69, 9.17) is 0 Å². The molecule has 0 aromatic heterocycles. The van der Waals surface area contributed by atoms with Crippen LogP contribution in [0.25, 0.3) is 0 Å². The first-order valence-electron chi connectivity index (χ1n) is 7.19. The Balaban J connectivity index is 2.90. The van der Waals surface area contributed by atoms with Crippen LogP contribution in [0.5, 0.6) is 0 Å². The van der Waals surface area contributed by atoms with E-state index in [-0.39, 0.29) is 11.4 Å². The van der Waals surface area contributed by atoms with Crippen molar-refractivity contribution >= 4 is 22.4 Å². The SMILES string of the molecule is COC(=O)N(C/C=C/CCCC=O)S(=O)(=O)c1ccc(C)cc1. The minimum atomic E-state index is -3.98. The summed E-state index contributed by atoms with van der Waals surface area (Å²) in [5.74, 6) is 0. The van der Waals surface area contributed by atoms with Gasteiger partial charge in [0.05, 0.1) is 18.6 Å². The molecule has 0 heterocycles. The Morgan fingerprint density at radius 1 is 1.17 bits per heavy atom. The Labute approximate surface area is 136 Å². The van der Waals surface area contributed by atoms with Gasteiger partial charge in [-0.15, -0.1) is 0 Å². The third kappa shape index (κ3) is 5.52. The molecule has 23 heavy (non-hydrogen) atoms. The Morgan fingerprint density at radius 2 is 1.83 bits per heavy atom. The summed E-state index contributed by atoms with van der Waals surface area (Å²) in [5, 5.41) is 0. The number of unbranched alkanes of at least 4 members (excludes halogenated alkanes) is 2. The number of aryl methyl sites for hydroxylation is 1. The molecule has 0 bridgehead atoms. The number of aldehydes is 1. The van der Waals surface area contributed by atoms with Gasteiger partial charge in [-0.2, -0.15) is 4.31 Å². The molecule has 1 aromatic carbocycles. The van der Waals surface area contributed by atoms with Crippen molar-refractivity contribution in [2.75, 3.05) is 13.7 Å². The van der Waals surface area contributed by atoms with Crippen molar-refractivity contribution in [3.8, 4) is 0 Å². The number of carbonyl (C=O) groups excluding carboxylic acids is 2. The molecule has 0 aliphatic rings. The second-order valence-corrected chi connectivity index (χ2v) is 6.75. The van der Waals surface area contributed by atoms with E-state index >= 15 is 0 Å². The molecule has 0 spiro atoms. The highest BCUT2D eigenvalue weighted by Crippen LogP contribution is 2.17. The molecule has 0 aliphatic carbocycles. The Hall–Kier alpha value is -2.15. The fourth-order valence-electron chi connectivity index (χ4n) is 1.82. The van der Waals surface area contributed by atoms with E-state index < -0.39 is 16.1 Å². The summed E-state index contributed by atoms with van der Waals surface area (Å²) in [6.45, 7) is 1.72. The van der Waals surface area contributed by atoms with Crippen molar-refractivity contribution < 1.29 is 22.7 Å². The lowest BCUT2D eigenvalue weighted by Crippen LogP contribution is -2.37. The number of nitrogens with zero attached hydrogens (tertiary/aromatic N) is 1. The maximum Gasteiger partial charge on any atom is 0.423 e. The molecule has 6 nitrogen and oxygen atoms in total. The van der Waals surface area contributed by atoms with Gasteiger partial charge in [-0.25, -0.2) is 13.2 Å². The van der Waals surface area contributed by atoms with Gasteiger partial charge in [-0.3, -0.25) is 0 Å². The largest absolute Gasteiger partial charge is 0.452 e. The van der Waals surface area contributed by atoms with Crippen molar-refractivity contribution in [1.82, 2.24) is 4.31 Å². The highest BCUT2D eigenvalue weighted by atomic mass is 32.2. The van der Waals surface area contributed by atoms with Gasteiger partial charge in [0.15, 0.2) is 0 Å². The van der Waals surface area contributed by atoms with Gasteiger partial charge in [0, 0.05) is 6.42 Å². The summed E-state index contributed by atoms with van der Waals surface area (Å²) in [6.07, 6.45) is 4.98. The zero-order chi connectivity index (χ0) is 17.3. The van der Waals surface area contributed by atoms with E-state index in [9.17, 15) is 18.0 Å². The molecule has 0 radical (unpaired) electrons. The topological polar surface area (TPSA) is 80.8 Å². The zero-order valence-electron chi connectivity index (χ0n) is 13.3. The zero-order valence-corrected chi connectivity index (χ0v) is 14.1. The van der Waals surface area contributed by atoms with Crippen molar-refractivity contribution in [2.24, 2.45) is 0 Å². The molecule has 126 valence electrons. The summed E-state index contributed by atoms with van der Waals surface area (Å²) in [5.41, 5.74) is 0.920. The van der Waals surface area contributed by atoms with Crippen LogP contribution in [0.15, 0.2) is 41.3 Å². The van der Waals surface area contributed by atoms with E-state index in [0.717, 1.165) is 19.0 Å². The summed E-state index contributed by atoms with van der Waals surface area (Å²) >= 11 is 0. The third-order valence-corrected chi connectivity index (χ3v) is 4.86. The van der Waals surface area contributed by atoms with Crippen LogP contribution in [0.2, 0.25) is 0 Å². The minimum absolute atomic E-state index is 0.0304. The van der Waals surface area contributed by atoms with E-state index in [1.807, 2.05) is 6.92 Å². The van der Waals surface area contributed by atoms with Gasteiger partial charge >= 0.3 is 6.09 Å². The molecule has 0 aliphatic heterocycles. The van der Waals surface area contributed by atoms with Gasteiger partial charge in [-0.05, 0) is 31.9 Å². The Morgan fingerprint density at radius 3 is 2.39 bits per heavy atom. The van der Waals surface area contributed by atoms with Crippen molar-refractivity contribution in [2.45, 2.75) is 31.1 Å². The van der Waals surface area contributed by atoms with Gasteiger partial charge in [-0.1, -0.05) is 29.8 Å². The first-order chi connectivity index (χ1) is 10.9. The molecule has 1 amide bonds. The number of hydrogen-bond acceptors (Lipinski definition) is 5. The van der Waals surface area contributed by atoms with Crippen LogP contribution in [-0.2, 0) is 19.6 Å². The van der Waals surface area contributed by atoms with Crippen LogP contribution in [0.1, 0.15) is 24.8 Å². The quantitative estimate of drug-likeness (QED) is 0.413. The highest BCUT2D eigenvalue weighted by molar-refractivity contribution is 7.89. The summed E-state index contributed by atoms with van der Waals surface area (Å²) in [6, 6.07) is 6.23. The van der Waals surface area contributed by atoms with Crippen LogP contribution in [0, 0.1) is 6.92 Å². The number of sulfonamides is 1. The fraction of sp³-hybridized carbons (Fsp3) is 0.375. The normalized spacial score (nSPS) is 11.4. The number of amides is 1. The first kappa shape index (κ1) is 18.9. The second kappa shape index (κ2) is 9.09. The van der Waals surface area contributed by atoms with Crippen molar-refractivity contribution in [1.29, 1.82) is 0 Å². The number of rotatable bonds is 8. The number of allylic oxidation sites excluding steroid dienone is 1. The number of benzene rings is 1. The lowest BCUT2D eigenvalue weighted by molar-refractivity contribution is -0.107. The molecule has 0 saturated carbocycles. The first-order valence-corrected chi connectivity index (χ1v) is 8.63. The van der Waals surface area contributed by atoms with E-state index in [0.29, 0.717) is 23.6 Å². The monoisotopic (exact) mass is 339 g/mol. The maximum absolute atomic E-state index is 12.6. The molecule has 0 fully saturated rings. The second-order valence-electron chi connectivity index (χ2n) is 4.89. The average molecular weight is 339 g/mol. The summed E-state index contributed by atoms with van der Waals surface area (Å²) in [4.78, 5) is 22.1. The molecule has 1 aromatic rings. The van der Waals surface area contributed by atoms with Gasteiger partial charge < -0.3 is 9.53 Å². The van der Waals surface area contributed by atoms with Gasteiger partial charge in [0.2, 0.25) is 0 Å². The average Bonchev–Trinajstić information content (AvgIpc) is 2.53. The molecule has 0 atom stereocenters. The molecular weight excluding hydrogens is 318 g/mol. The fourth-order valence-corrected chi connectivity index (χ4v) is 3.10. The maximum atomic E-state index is 12.6.